The number of hydrogen-bond donors (Lipinski definition) is 2. The molecule has 0 atom stereocenters. The number of hydrogen-bond acceptors (Lipinski definition) is 5. The first kappa shape index (κ1) is 19.6. The van der Waals surface area contributed by atoms with E-state index in [-0.39, 0.29) is 0 Å². The van der Waals surface area contributed by atoms with Gasteiger partial charge in [0.1, 0.15) is 12.4 Å². The highest BCUT2D eigenvalue weighted by molar-refractivity contribution is 5.93. The van der Waals surface area contributed by atoms with Gasteiger partial charge in [0, 0.05) is 25.3 Å². The molecule has 0 aliphatic heterocycles. The number of ether oxygens (including phenoxy) is 2. The highest BCUT2D eigenvalue weighted by atomic mass is 16.5. The van der Waals surface area contributed by atoms with Crippen molar-refractivity contribution in [1.29, 1.82) is 0 Å². The topological polar surface area (TPSA) is 85.6 Å². The van der Waals surface area contributed by atoms with Gasteiger partial charge in [-0.25, -0.2) is 4.99 Å². The van der Waals surface area contributed by atoms with Crippen LogP contribution >= 0.6 is 0 Å². The first-order chi connectivity index (χ1) is 12.6. The van der Waals surface area contributed by atoms with Gasteiger partial charge in [0.05, 0.1) is 14.2 Å². The van der Waals surface area contributed by atoms with Gasteiger partial charge >= 0.3 is 0 Å². The molecule has 0 radical (unpaired) electrons. The van der Waals surface area contributed by atoms with E-state index in [2.05, 4.69) is 32.7 Å². The molecule has 0 saturated carbocycles. The number of guanidine groups is 1. The molecular formula is C18H28N6O2. The number of nitrogens with one attached hydrogen (secondary N) is 2. The van der Waals surface area contributed by atoms with Crippen LogP contribution in [0.2, 0.25) is 0 Å². The van der Waals surface area contributed by atoms with Crippen LogP contribution in [0.15, 0.2) is 23.2 Å². The number of aromatic nitrogens is 3. The van der Waals surface area contributed by atoms with E-state index in [1.807, 2.05) is 36.7 Å². The summed E-state index contributed by atoms with van der Waals surface area (Å²) in [4.78, 5) is 4.63. The highest BCUT2D eigenvalue weighted by Gasteiger charge is 2.08. The van der Waals surface area contributed by atoms with Gasteiger partial charge in [0.2, 0.25) is 0 Å². The second-order valence-corrected chi connectivity index (χ2v) is 5.86. The summed E-state index contributed by atoms with van der Waals surface area (Å²) in [7, 11) is 5.17. The lowest BCUT2D eigenvalue weighted by atomic mass is 10.2. The Labute approximate surface area is 154 Å². The van der Waals surface area contributed by atoms with Gasteiger partial charge in [-0.2, -0.15) is 0 Å². The Morgan fingerprint density at radius 2 is 1.96 bits per heavy atom. The second kappa shape index (κ2) is 9.65. The lowest BCUT2D eigenvalue weighted by Crippen LogP contribution is -2.31. The fourth-order valence-corrected chi connectivity index (χ4v) is 2.31. The van der Waals surface area contributed by atoms with Gasteiger partial charge in [-0.1, -0.05) is 13.3 Å². The van der Waals surface area contributed by atoms with E-state index in [0.29, 0.717) is 24.0 Å². The molecule has 0 unspecified atom stereocenters. The summed E-state index contributed by atoms with van der Waals surface area (Å²) < 4.78 is 12.6. The van der Waals surface area contributed by atoms with Gasteiger partial charge in [0.15, 0.2) is 23.3 Å². The molecule has 2 aromatic rings. The van der Waals surface area contributed by atoms with Crippen LogP contribution in [0.5, 0.6) is 11.5 Å². The minimum atomic E-state index is 0.437. The fraction of sp³-hybridized carbons (Fsp3) is 0.500. The predicted octanol–water partition coefficient (Wildman–Crippen LogP) is 2.50. The van der Waals surface area contributed by atoms with Crippen LogP contribution in [0.25, 0.3) is 0 Å². The zero-order chi connectivity index (χ0) is 18.9. The van der Waals surface area contributed by atoms with Crippen molar-refractivity contribution in [1.82, 2.24) is 20.1 Å². The molecule has 2 rings (SSSR count). The quantitative estimate of drug-likeness (QED) is 0.427. The Hall–Kier alpha value is -2.77. The molecule has 142 valence electrons. The van der Waals surface area contributed by atoms with E-state index in [4.69, 9.17) is 9.47 Å². The smallest absolute Gasteiger partial charge is 0.196 e. The second-order valence-electron chi connectivity index (χ2n) is 5.86. The molecule has 0 fully saturated rings. The van der Waals surface area contributed by atoms with Gasteiger partial charge in [-0.3, -0.25) is 0 Å². The number of aliphatic imine (C=N–C) groups is 1. The number of rotatable bonds is 8. The molecule has 0 aliphatic carbocycles. The average molecular weight is 360 g/mol. The van der Waals surface area contributed by atoms with Crippen LogP contribution in [0.1, 0.15) is 31.4 Å². The summed E-state index contributed by atoms with van der Waals surface area (Å²) in [5.74, 6) is 3.71. The highest BCUT2D eigenvalue weighted by Crippen LogP contribution is 2.29. The summed E-state index contributed by atoms with van der Waals surface area (Å²) in [5, 5.41) is 14.9. The molecule has 8 nitrogen and oxygen atoms in total. The maximum Gasteiger partial charge on any atom is 0.196 e. The van der Waals surface area contributed by atoms with E-state index >= 15 is 0 Å². The molecule has 8 heteroatoms. The average Bonchev–Trinajstić information content (AvgIpc) is 2.98. The molecule has 0 amide bonds. The Morgan fingerprint density at radius 3 is 2.58 bits per heavy atom. The monoisotopic (exact) mass is 360 g/mol. The van der Waals surface area contributed by atoms with E-state index in [1.54, 1.807) is 14.2 Å². The largest absolute Gasteiger partial charge is 0.493 e. The van der Waals surface area contributed by atoms with Crippen LogP contribution in [0, 0.1) is 6.92 Å². The molecule has 1 heterocycles. The van der Waals surface area contributed by atoms with Crippen LogP contribution in [-0.4, -0.2) is 41.5 Å². The van der Waals surface area contributed by atoms with Crippen molar-refractivity contribution >= 4 is 11.6 Å². The molecule has 0 aliphatic rings. The Bertz CT molecular complexity index is 741. The van der Waals surface area contributed by atoms with Gasteiger partial charge in [0.25, 0.3) is 0 Å². The standard InChI is InChI=1S/C18H28N6O2/c1-6-7-10-19-18(20-12-17-23-22-13(2)24(17)3)21-14-8-9-15(25-4)16(11-14)26-5/h8-9,11H,6-7,10,12H2,1-5H3,(H2,19,20,21). The van der Waals surface area contributed by atoms with Crippen LogP contribution in [0.3, 0.4) is 0 Å². The fourth-order valence-electron chi connectivity index (χ4n) is 2.31. The summed E-state index contributed by atoms with van der Waals surface area (Å²) in [6, 6.07) is 5.66. The summed E-state index contributed by atoms with van der Waals surface area (Å²) in [5.41, 5.74) is 0.861. The van der Waals surface area contributed by atoms with Crippen molar-refractivity contribution in [3.63, 3.8) is 0 Å². The van der Waals surface area contributed by atoms with Crippen molar-refractivity contribution in [3.8, 4) is 11.5 Å². The molecule has 0 saturated heterocycles. The van der Waals surface area contributed by atoms with E-state index < -0.39 is 0 Å². The lowest BCUT2D eigenvalue weighted by Gasteiger charge is -2.14. The zero-order valence-corrected chi connectivity index (χ0v) is 16.2. The number of nitrogens with zero attached hydrogens (tertiary/aromatic N) is 4. The summed E-state index contributed by atoms with van der Waals surface area (Å²) >= 11 is 0. The van der Waals surface area contributed by atoms with Crippen LogP contribution < -0.4 is 20.1 Å². The Morgan fingerprint density at radius 1 is 1.19 bits per heavy atom. The van der Waals surface area contributed by atoms with Crippen LogP contribution in [0.4, 0.5) is 5.69 Å². The van der Waals surface area contributed by atoms with Crippen molar-refractivity contribution in [2.75, 3.05) is 26.1 Å². The molecule has 26 heavy (non-hydrogen) atoms. The predicted molar refractivity (Wildman–Crippen MR) is 103 cm³/mol. The minimum Gasteiger partial charge on any atom is -0.493 e. The number of aryl methyl sites for hydroxylation is 1. The van der Waals surface area contributed by atoms with Crippen molar-refractivity contribution < 1.29 is 9.47 Å². The number of methoxy groups -OCH3 is 2. The van der Waals surface area contributed by atoms with Crippen LogP contribution in [-0.2, 0) is 13.6 Å². The summed E-state index contributed by atoms with van der Waals surface area (Å²) in [6.45, 7) is 5.35. The van der Waals surface area contributed by atoms with Gasteiger partial charge in [-0.05, 0) is 25.5 Å². The normalized spacial score (nSPS) is 11.3. The van der Waals surface area contributed by atoms with E-state index in [0.717, 1.165) is 36.7 Å². The first-order valence-electron chi connectivity index (χ1n) is 8.71. The molecule has 1 aromatic heterocycles. The van der Waals surface area contributed by atoms with Gasteiger partial charge in [-0.15, -0.1) is 10.2 Å². The summed E-state index contributed by atoms with van der Waals surface area (Å²) in [6.07, 6.45) is 2.18. The first-order valence-corrected chi connectivity index (χ1v) is 8.71. The van der Waals surface area contributed by atoms with Crippen molar-refractivity contribution in [3.05, 3.63) is 29.8 Å². The lowest BCUT2D eigenvalue weighted by molar-refractivity contribution is 0.355. The maximum absolute atomic E-state index is 5.36. The Kier molecular flexibility index (Phi) is 7.25. The zero-order valence-electron chi connectivity index (χ0n) is 16.2. The third-order valence-electron chi connectivity index (χ3n) is 4.03. The third-order valence-corrected chi connectivity index (χ3v) is 4.03. The molecule has 1 aromatic carbocycles. The number of anilines is 1. The van der Waals surface area contributed by atoms with E-state index in [9.17, 15) is 0 Å². The van der Waals surface area contributed by atoms with Crippen molar-refractivity contribution in [2.24, 2.45) is 12.0 Å². The Balaban J connectivity index is 2.15. The van der Waals surface area contributed by atoms with E-state index in [1.165, 1.54) is 0 Å². The molecular weight excluding hydrogens is 332 g/mol. The maximum atomic E-state index is 5.36. The number of unbranched alkanes of at least 4 members (excludes halogenated alkanes) is 1. The minimum absolute atomic E-state index is 0.437. The van der Waals surface area contributed by atoms with Gasteiger partial charge < -0.3 is 24.7 Å². The number of benzene rings is 1. The SMILES string of the molecule is CCCCNC(=NCc1nnc(C)n1C)Nc1ccc(OC)c(OC)c1. The molecule has 2 N–H and O–H groups in total. The molecule has 0 bridgehead atoms. The molecule has 0 spiro atoms. The third kappa shape index (κ3) is 5.11. The van der Waals surface area contributed by atoms with Crippen molar-refractivity contribution in [2.45, 2.75) is 33.2 Å².